The summed E-state index contributed by atoms with van der Waals surface area (Å²) in [4.78, 5) is 26.1. The molecule has 2 aromatic carbocycles. The molecule has 0 fully saturated rings. The number of rotatable bonds is 4. The number of aromatic nitrogens is 1. The van der Waals surface area contributed by atoms with Crippen LogP contribution in [0, 0.1) is 0 Å². The number of benzene rings is 2. The first-order valence-corrected chi connectivity index (χ1v) is 10.3. The van der Waals surface area contributed by atoms with Gasteiger partial charge in [0.25, 0.3) is 0 Å². The topological polar surface area (TPSA) is 64.7 Å². The highest BCUT2D eigenvalue weighted by Gasteiger charge is 2.34. The molecule has 0 N–H and O–H groups in total. The van der Waals surface area contributed by atoms with E-state index in [-0.39, 0.29) is 22.8 Å². The lowest BCUT2D eigenvalue weighted by Crippen LogP contribution is -2.35. The Morgan fingerprint density at radius 1 is 0.944 bits per heavy atom. The smallest absolute Gasteiger partial charge is 0.424 e. The average Bonchev–Trinajstić information content (AvgIpc) is 3.13. The third-order valence-corrected chi connectivity index (χ3v) is 4.65. The highest BCUT2D eigenvalue weighted by Crippen LogP contribution is 2.35. The number of hydrogen-bond donors (Lipinski definition) is 0. The maximum Gasteiger partial charge on any atom is 0.424 e. The van der Waals surface area contributed by atoms with Crippen LogP contribution in [0.15, 0.2) is 70.5 Å². The minimum Gasteiger partial charge on any atom is -0.443 e. The maximum absolute atomic E-state index is 13.3. The van der Waals surface area contributed by atoms with E-state index in [9.17, 15) is 35.9 Å². The highest BCUT2D eigenvalue weighted by molar-refractivity contribution is 6.01. The maximum atomic E-state index is 13.3. The monoisotopic (exact) mass is 514 g/mol. The first-order valence-electron chi connectivity index (χ1n) is 10.3. The van der Waals surface area contributed by atoms with E-state index >= 15 is 0 Å². The van der Waals surface area contributed by atoms with Gasteiger partial charge in [-0.05, 0) is 57.2 Å². The summed E-state index contributed by atoms with van der Waals surface area (Å²) in [7, 11) is 0. The normalized spacial score (nSPS) is 12.4. The standard InChI is InChI=1S/C24H20F6N2O4/c1-14(19-13-31(20(33)35-19)17-9-5-7-15(11-17)23(25,26)27)32(21(34)36-22(2,3)4)18-10-6-8-16(12-18)24(28,29)30/h5-13H,1H2,2-4H3. The summed E-state index contributed by atoms with van der Waals surface area (Å²) in [5, 5.41) is 0. The molecule has 0 unspecified atom stereocenters. The molecule has 1 heterocycles. The molecule has 0 aliphatic heterocycles. The van der Waals surface area contributed by atoms with Crippen molar-refractivity contribution in [2.45, 2.75) is 38.7 Å². The molecular weight excluding hydrogens is 494 g/mol. The van der Waals surface area contributed by atoms with E-state index in [2.05, 4.69) is 6.58 Å². The molecule has 0 aliphatic rings. The van der Waals surface area contributed by atoms with Crippen LogP contribution in [-0.4, -0.2) is 16.3 Å². The number of amides is 1. The fourth-order valence-electron chi connectivity index (χ4n) is 3.10. The van der Waals surface area contributed by atoms with Gasteiger partial charge in [-0.25, -0.2) is 19.1 Å². The molecule has 1 amide bonds. The molecule has 0 saturated heterocycles. The number of nitrogens with zero attached hydrogens (tertiary/aromatic N) is 2. The fourth-order valence-corrected chi connectivity index (χ4v) is 3.10. The average molecular weight is 514 g/mol. The van der Waals surface area contributed by atoms with Crippen molar-refractivity contribution in [2.75, 3.05) is 4.90 Å². The molecular formula is C24H20F6N2O4. The number of anilines is 1. The van der Waals surface area contributed by atoms with Gasteiger partial charge in [-0.3, -0.25) is 0 Å². The van der Waals surface area contributed by atoms with Gasteiger partial charge in [0.05, 0.1) is 34.4 Å². The summed E-state index contributed by atoms with van der Waals surface area (Å²) in [5.41, 5.74) is -4.01. The summed E-state index contributed by atoms with van der Waals surface area (Å²) in [6, 6.07) is 7.55. The van der Waals surface area contributed by atoms with Crippen molar-refractivity contribution >= 4 is 17.5 Å². The first kappa shape index (κ1) is 26.6. The van der Waals surface area contributed by atoms with E-state index in [1.807, 2.05) is 0 Å². The molecule has 36 heavy (non-hydrogen) atoms. The molecule has 3 rings (SSSR count). The third kappa shape index (κ3) is 5.99. The van der Waals surface area contributed by atoms with Crippen LogP contribution < -0.4 is 10.7 Å². The number of carbonyl (C=O) groups is 1. The number of carbonyl (C=O) groups excluding carboxylic acids is 1. The molecule has 0 saturated carbocycles. The van der Waals surface area contributed by atoms with Gasteiger partial charge >= 0.3 is 24.2 Å². The van der Waals surface area contributed by atoms with Crippen LogP contribution in [-0.2, 0) is 17.1 Å². The van der Waals surface area contributed by atoms with Gasteiger partial charge in [0, 0.05) is 0 Å². The Morgan fingerprint density at radius 3 is 2.06 bits per heavy atom. The zero-order chi connectivity index (χ0) is 27.1. The van der Waals surface area contributed by atoms with Crippen LogP contribution in [0.4, 0.5) is 36.8 Å². The second-order valence-electron chi connectivity index (χ2n) is 8.59. The predicted octanol–water partition coefficient (Wildman–Crippen LogP) is 6.88. The minimum absolute atomic E-state index is 0.194. The van der Waals surface area contributed by atoms with Crippen molar-refractivity contribution in [3.63, 3.8) is 0 Å². The van der Waals surface area contributed by atoms with Gasteiger partial charge in [0.2, 0.25) is 0 Å². The molecule has 1 aromatic heterocycles. The van der Waals surface area contributed by atoms with Crippen molar-refractivity contribution in [3.8, 4) is 5.69 Å². The molecule has 192 valence electrons. The minimum atomic E-state index is -4.73. The van der Waals surface area contributed by atoms with E-state index in [0.29, 0.717) is 17.0 Å². The molecule has 12 heteroatoms. The van der Waals surface area contributed by atoms with Crippen LogP contribution in [0.3, 0.4) is 0 Å². The van der Waals surface area contributed by atoms with E-state index in [0.717, 1.165) is 35.0 Å². The molecule has 3 aromatic rings. The zero-order valence-corrected chi connectivity index (χ0v) is 19.2. The summed E-state index contributed by atoms with van der Waals surface area (Å²) < 4.78 is 90.3. The predicted molar refractivity (Wildman–Crippen MR) is 118 cm³/mol. The largest absolute Gasteiger partial charge is 0.443 e. The quantitative estimate of drug-likeness (QED) is 0.356. The van der Waals surface area contributed by atoms with Crippen molar-refractivity contribution in [2.24, 2.45) is 0 Å². The number of hydrogen-bond acceptors (Lipinski definition) is 4. The number of halogens is 6. The molecule has 0 spiro atoms. The van der Waals surface area contributed by atoms with E-state index < -0.39 is 40.9 Å². The Labute approximate surface area is 201 Å². The number of alkyl halides is 6. The van der Waals surface area contributed by atoms with Crippen LogP contribution in [0.1, 0.15) is 37.7 Å². The molecule has 6 nitrogen and oxygen atoms in total. The lowest BCUT2D eigenvalue weighted by atomic mass is 10.1. The number of oxazole rings is 1. The van der Waals surface area contributed by atoms with Crippen LogP contribution in [0.5, 0.6) is 0 Å². The van der Waals surface area contributed by atoms with Crippen LogP contribution in [0.25, 0.3) is 11.4 Å². The van der Waals surface area contributed by atoms with Gasteiger partial charge in [-0.15, -0.1) is 0 Å². The van der Waals surface area contributed by atoms with Gasteiger partial charge in [0.15, 0.2) is 5.76 Å². The van der Waals surface area contributed by atoms with Gasteiger partial charge in [-0.2, -0.15) is 26.3 Å². The summed E-state index contributed by atoms with van der Waals surface area (Å²) >= 11 is 0. The van der Waals surface area contributed by atoms with Crippen LogP contribution in [0.2, 0.25) is 0 Å². The Bertz CT molecular complexity index is 1350. The molecule has 0 radical (unpaired) electrons. The second kappa shape index (κ2) is 9.25. The third-order valence-electron chi connectivity index (χ3n) is 4.65. The second-order valence-corrected chi connectivity index (χ2v) is 8.59. The number of ether oxygens (including phenoxy) is 1. The first-order chi connectivity index (χ1) is 16.5. The van der Waals surface area contributed by atoms with Crippen molar-refractivity contribution in [1.82, 2.24) is 4.57 Å². The Hall–Kier alpha value is -3.96. The van der Waals surface area contributed by atoms with E-state index in [1.165, 1.54) is 32.9 Å². The fraction of sp³-hybridized carbons (Fsp3) is 0.250. The van der Waals surface area contributed by atoms with Crippen molar-refractivity contribution in [3.05, 3.63) is 88.7 Å². The summed E-state index contributed by atoms with van der Waals surface area (Å²) in [6.07, 6.45) is -9.55. The molecule has 0 aliphatic carbocycles. The Kier molecular flexibility index (Phi) is 6.84. The van der Waals surface area contributed by atoms with E-state index in [1.54, 1.807) is 0 Å². The van der Waals surface area contributed by atoms with Gasteiger partial charge in [0.1, 0.15) is 5.60 Å². The zero-order valence-electron chi connectivity index (χ0n) is 19.2. The van der Waals surface area contributed by atoms with Crippen molar-refractivity contribution in [1.29, 1.82) is 0 Å². The van der Waals surface area contributed by atoms with E-state index in [4.69, 9.17) is 9.15 Å². The van der Waals surface area contributed by atoms with Crippen LogP contribution >= 0.6 is 0 Å². The SMILES string of the molecule is C=C(c1cn(-c2cccc(C(F)(F)F)c2)c(=O)o1)N(C(=O)OC(C)(C)C)c1cccc(C(F)(F)F)c1. The molecule has 0 atom stereocenters. The van der Waals surface area contributed by atoms with Crippen molar-refractivity contribution < 1.29 is 40.3 Å². The summed E-state index contributed by atoms with van der Waals surface area (Å²) in [5.74, 6) is -1.50. The Morgan fingerprint density at radius 2 is 1.50 bits per heavy atom. The highest BCUT2D eigenvalue weighted by atomic mass is 19.4. The molecule has 0 bridgehead atoms. The summed E-state index contributed by atoms with van der Waals surface area (Å²) in [6.45, 7) is 8.26. The Balaban J connectivity index is 2.09. The lowest BCUT2D eigenvalue weighted by Gasteiger charge is -2.28. The lowest BCUT2D eigenvalue weighted by molar-refractivity contribution is -0.138. The van der Waals surface area contributed by atoms with Gasteiger partial charge < -0.3 is 9.15 Å². The van der Waals surface area contributed by atoms with Gasteiger partial charge in [-0.1, -0.05) is 18.7 Å².